The van der Waals surface area contributed by atoms with Gasteiger partial charge in [0.05, 0.1) is 12.0 Å². The van der Waals surface area contributed by atoms with E-state index in [0.717, 1.165) is 19.3 Å². The Bertz CT molecular complexity index is 168. The second kappa shape index (κ2) is 2.50. The normalized spacial score (nSPS) is 28.9. The van der Waals surface area contributed by atoms with E-state index in [-0.39, 0.29) is 11.4 Å². The minimum atomic E-state index is -0.0295. The second-order valence-corrected chi connectivity index (χ2v) is 3.73. The first-order valence-corrected chi connectivity index (χ1v) is 4.51. The molecule has 0 aromatic rings. The number of esters is 1. The topological polar surface area (TPSA) is 26.3 Å². The van der Waals surface area contributed by atoms with Crippen LogP contribution in [0.5, 0.6) is 0 Å². The Morgan fingerprint density at radius 1 is 1.09 bits per heavy atom. The molecule has 0 N–H and O–H groups in total. The first-order chi connectivity index (χ1) is 5.33. The number of carbonyl (C=O) groups is 1. The summed E-state index contributed by atoms with van der Waals surface area (Å²) in [5.41, 5.74) is -0.0295. The van der Waals surface area contributed by atoms with E-state index >= 15 is 0 Å². The lowest BCUT2D eigenvalue weighted by Crippen LogP contribution is -2.28. The zero-order valence-corrected chi connectivity index (χ0v) is 6.77. The molecule has 0 bridgehead atoms. The molecule has 1 aliphatic heterocycles. The Kier molecular flexibility index (Phi) is 1.63. The third kappa shape index (κ3) is 1.05. The number of ether oxygens (including phenoxy) is 1. The van der Waals surface area contributed by atoms with E-state index < -0.39 is 0 Å². The Labute approximate surface area is 66.9 Å². The minimum absolute atomic E-state index is 0.0295. The van der Waals surface area contributed by atoms with Crippen LogP contribution in [0.1, 0.15) is 38.5 Å². The molecule has 62 valence electrons. The van der Waals surface area contributed by atoms with Crippen LogP contribution in [0.15, 0.2) is 0 Å². The van der Waals surface area contributed by atoms with Crippen molar-refractivity contribution in [2.45, 2.75) is 38.5 Å². The van der Waals surface area contributed by atoms with Crippen LogP contribution in [0, 0.1) is 5.41 Å². The van der Waals surface area contributed by atoms with Gasteiger partial charge in [-0.2, -0.15) is 0 Å². The van der Waals surface area contributed by atoms with E-state index in [1.807, 2.05) is 0 Å². The molecular weight excluding hydrogens is 140 g/mol. The molecule has 1 saturated carbocycles. The maximum absolute atomic E-state index is 11.3. The van der Waals surface area contributed by atoms with E-state index in [2.05, 4.69) is 0 Å². The van der Waals surface area contributed by atoms with Gasteiger partial charge in [-0.15, -0.1) is 0 Å². The average Bonchev–Trinajstić information content (AvgIpc) is 2.36. The van der Waals surface area contributed by atoms with Gasteiger partial charge in [0.25, 0.3) is 0 Å². The van der Waals surface area contributed by atoms with Gasteiger partial charge in [0.15, 0.2) is 0 Å². The summed E-state index contributed by atoms with van der Waals surface area (Å²) in [6.07, 6.45) is 6.86. The van der Waals surface area contributed by atoms with E-state index in [0.29, 0.717) is 6.61 Å². The van der Waals surface area contributed by atoms with Crippen LogP contribution in [-0.4, -0.2) is 12.6 Å². The summed E-state index contributed by atoms with van der Waals surface area (Å²) in [7, 11) is 0. The van der Waals surface area contributed by atoms with Crippen molar-refractivity contribution < 1.29 is 9.53 Å². The second-order valence-electron chi connectivity index (χ2n) is 3.73. The predicted molar refractivity (Wildman–Crippen MR) is 41.1 cm³/mol. The molecule has 0 unspecified atom stereocenters. The highest BCUT2D eigenvalue weighted by Crippen LogP contribution is 2.43. The summed E-state index contributed by atoms with van der Waals surface area (Å²) in [6.45, 7) is 0.666. The smallest absolute Gasteiger partial charge is 0.312 e. The van der Waals surface area contributed by atoms with E-state index in [1.165, 1.54) is 19.3 Å². The third-order valence-corrected chi connectivity index (χ3v) is 3.06. The minimum Gasteiger partial charge on any atom is -0.465 e. The van der Waals surface area contributed by atoms with Crippen molar-refractivity contribution in [2.75, 3.05) is 6.61 Å². The lowest BCUT2D eigenvalue weighted by Gasteiger charge is -2.28. The molecule has 2 nitrogen and oxygen atoms in total. The van der Waals surface area contributed by atoms with Gasteiger partial charge in [0.1, 0.15) is 0 Å². The highest BCUT2D eigenvalue weighted by Gasteiger charge is 2.44. The van der Waals surface area contributed by atoms with Gasteiger partial charge in [-0.3, -0.25) is 4.79 Å². The predicted octanol–water partition coefficient (Wildman–Crippen LogP) is 1.88. The molecule has 2 heteroatoms. The van der Waals surface area contributed by atoms with Crippen LogP contribution in [0.4, 0.5) is 0 Å². The standard InChI is InChI=1S/C9H14O2/c10-8-9(6-7-11-8)4-2-1-3-5-9/h1-7H2. The van der Waals surface area contributed by atoms with Gasteiger partial charge in [-0.05, 0) is 19.3 Å². The molecule has 11 heavy (non-hydrogen) atoms. The summed E-state index contributed by atoms with van der Waals surface area (Å²) in [5.74, 6) is 0.0807. The third-order valence-electron chi connectivity index (χ3n) is 3.06. The Balaban J connectivity index is 2.12. The van der Waals surface area contributed by atoms with Crippen molar-refractivity contribution in [1.29, 1.82) is 0 Å². The molecule has 2 fully saturated rings. The van der Waals surface area contributed by atoms with Crippen LogP contribution >= 0.6 is 0 Å². The summed E-state index contributed by atoms with van der Waals surface area (Å²) < 4.78 is 5.01. The average molecular weight is 154 g/mol. The number of carbonyl (C=O) groups excluding carboxylic acids is 1. The molecule has 0 aromatic carbocycles. The maximum atomic E-state index is 11.3. The van der Waals surface area contributed by atoms with E-state index in [1.54, 1.807) is 0 Å². The van der Waals surface area contributed by atoms with E-state index in [9.17, 15) is 4.79 Å². The number of hydrogen-bond donors (Lipinski definition) is 0. The fraction of sp³-hybridized carbons (Fsp3) is 0.889. The molecule has 1 spiro atoms. The lowest BCUT2D eigenvalue weighted by molar-refractivity contribution is -0.147. The quantitative estimate of drug-likeness (QED) is 0.498. The van der Waals surface area contributed by atoms with Crippen molar-refractivity contribution in [1.82, 2.24) is 0 Å². The fourth-order valence-electron chi connectivity index (χ4n) is 2.28. The molecule has 0 atom stereocenters. The van der Waals surface area contributed by atoms with Gasteiger partial charge < -0.3 is 4.74 Å². The molecule has 1 heterocycles. The monoisotopic (exact) mass is 154 g/mol. The van der Waals surface area contributed by atoms with Crippen LogP contribution in [-0.2, 0) is 9.53 Å². The Hall–Kier alpha value is -0.530. The first kappa shape index (κ1) is 7.14. The molecule has 0 radical (unpaired) electrons. The number of rotatable bonds is 0. The van der Waals surface area contributed by atoms with Crippen molar-refractivity contribution >= 4 is 5.97 Å². The van der Waals surface area contributed by atoms with Gasteiger partial charge >= 0.3 is 5.97 Å². The van der Waals surface area contributed by atoms with E-state index in [4.69, 9.17) is 4.74 Å². The highest BCUT2D eigenvalue weighted by atomic mass is 16.5. The van der Waals surface area contributed by atoms with Crippen molar-refractivity contribution in [3.63, 3.8) is 0 Å². The molecule has 2 rings (SSSR count). The Morgan fingerprint density at radius 2 is 1.82 bits per heavy atom. The van der Waals surface area contributed by atoms with Crippen LogP contribution in [0.2, 0.25) is 0 Å². The molecule has 1 aliphatic carbocycles. The van der Waals surface area contributed by atoms with Crippen molar-refractivity contribution in [2.24, 2.45) is 5.41 Å². The Morgan fingerprint density at radius 3 is 2.36 bits per heavy atom. The van der Waals surface area contributed by atoms with Crippen LogP contribution in [0.3, 0.4) is 0 Å². The number of cyclic esters (lactones) is 1. The molecule has 0 amide bonds. The fourth-order valence-corrected chi connectivity index (χ4v) is 2.28. The van der Waals surface area contributed by atoms with Crippen molar-refractivity contribution in [3.05, 3.63) is 0 Å². The van der Waals surface area contributed by atoms with Gasteiger partial charge in [-0.1, -0.05) is 19.3 Å². The first-order valence-electron chi connectivity index (χ1n) is 4.51. The molecule has 2 aliphatic rings. The summed E-state index contributed by atoms with van der Waals surface area (Å²) in [5, 5.41) is 0. The summed E-state index contributed by atoms with van der Waals surface area (Å²) in [4.78, 5) is 11.3. The van der Waals surface area contributed by atoms with Crippen LogP contribution < -0.4 is 0 Å². The largest absolute Gasteiger partial charge is 0.465 e. The van der Waals surface area contributed by atoms with Gasteiger partial charge in [0, 0.05) is 0 Å². The van der Waals surface area contributed by atoms with Gasteiger partial charge in [-0.25, -0.2) is 0 Å². The zero-order chi connectivity index (χ0) is 7.73. The van der Waals surface area contributed by atoms with Gasteiger partial charge in [0.2, 0.25) is 0 Å². The number of hydrogen-bond acceptors (Lipinski definition) is 2. The summed E-state index contributed by atoms with van der Waals surface area (Å²) >= 11 is 0. The molecular formula is C9H14O2. The van der Waals surface area contributed by atoms with Crippen LogP contribution in [0.25, 0.3) is 0 Å². The molecule has 0 aromatic heterocycles. The zero-order valence-electron chi connectivity index (χ0n) is 6.77. The summed E-state index contributed by atoms with van der Waals surface area (Å²) in [6, 6.07) is 0. The van der Waals surface area contributed by atoms with Crippen molar-refractivity contribution in [3.8, 4) is 0 Å². The SMILES string of the molecule is O=C1OCCC12CCCCC2. The maximum Gasteiger partial charge on any atom is 0.312 e. The lowest BCUT2D eigenvalue weighted by atomic mass is 9.73. The molecule has 1 saturated heterocycles. The highest BCUT2D eigenvalue weighted by molar-refractivity contribution is 5.78.